The van der Waals surface area contributed by atoms with E-state index in [-0.39, 0.29) is 33.4 Å². The number of halogens is 2. The number of carbonyl (C=O) groups excluding carboxylic acids is 2. The van der Waals surface area contributed by atoms with Crippen molar-refractivity contribution >= 4 is 41.0 Å². The first-order chi connectivity index (χ1) is 15.8. The topological polar surface area (TPSA) is 76.4 Å². The highest BCUT2D eigenvalue weighted by Crippen LogP contribution is 2.31. The van der Waals surface area contributed by atoms with Crippen molar-refractivity contribution in [1.82, 2.24) is 0 Å². The number of rotatable bonds is 7. The third kappa shape index (κ3) is 6.01. The zero-order valence-electron chi connectivity index (χ0n) is 17.9. The van der Waals surface area contributed by atoms with Crippen molar-refractivity contribution in [3.05, 3.63) is 98.5 Å². The van der Waals surface area contributed by atoms with Crippen molar-refractivity contribution in [2.75, 3.05) is 6.61 Å². The standard InChI is InChI=1S/C26H19Cl2NO4/c1-3-32-24-13-17(12-19(15-29)25(30)18-7-4-16(2)5-8-18)6-11-23(24)33-26(31)21-10-9-20(27)14-22(21)28/h4-14H,3H2,1-2H3. The van der Waals surface area contributed by atoms with Crippen molar-refractivity contribution in [2.24, 2.45) is 0 Å². The van der Waals surface area contributed by atoms with Crippen LogP contribution in [0.2, 0.25) is 10.0 Å². The first-order valence-corrected chi connectivity index (χ1v) is 10.7. The molecule has 3 aromatic carbocycles. The maximum atomic E-state index is 12.7. The highest BCUT2D eigenvalue weighted by molar-refractivity contribution is 6.36. The van der Waals surface area contributed by atoms with E-state index < -0.39 is 5.97 Å². The number of hydrogen-bond acceptors (Lipinski definition) is 5. The van der Waals surface area contributed by atoms with Gasteiger partial charge in [0.2, 0.25) is 5.78 Å². The van der Waals surface area contributed by atoms with Crippen molar-refractivity contribution in [1.29, 1.82) is 5.26 Å². The van der Waals surface area contributed by atoms with E-state index in [1.165, 1.54) is 30.3 Å². The van der Waals surface area contributed by atoms with E-state index in [4.69, 9.17) is 32.7 Å². The fraction of sp³-hybridized carbons (Fsp3) is 0.115. The summed E-state index contributed by atoms with van der Waals surface area (Å²) in [6.45, 7) is 4.01. The zero-order chi connectivity index (χ0) is 24.0. The average Bonchev–Trinajstić information content (AvgIpc) is 2.79. The lowest BCUT2D eigenvalue weighted by atomic mass is 10.0. The van der Waals surface area contributed by atoms with Gasteiger partial charge >= 0.3 is 5.97 Å². The fourth-order valence-electron chi connectivity index (χ4n) is 2.95. The third-order valence-electron chi connectivity index (χ3n) is 4.61. The summed E-state index contributed by atoms with van der Waals surface area (Å²) in [6, 6.07) is 18.1. The maximum Gasteiger partial charge on any atom is 0.345 e. The van der Waals surface area contributed by atoms with Crippen LogP contribution in [0.3, 0.4) is 0 Å². The molecule has 0 bridgehead atoms. The molecule has 0 unspecified atom stereocenters. The summed E-state index contributed by atoms with van der Waals surface area (Å²) < 4.78 is 11.1. The van der Waals surface area contributed by atoms with Gasteiger partial charge in [-0.05, 0) is 55.8 Å². The smallest absolute Gasteiger partial charge is 0.345 e. The number of nitriles is 1. The SMILES string of the molecule is CCOc1cc(C=C(C#N)C(=O)c2ccc(C)cc2)ccc1OC(=O)c1ccc(Cl)cc1Cl. The summed E-state index contributed by atoms with van der Waals surface area (Å²) in [7, 11) is 0. The first-order valence-electron chi connectivity index (χ1n) is 9.99. The molecule has 0 saturated carbocycles. The molecular weight excluding hydrogens is 461 g/mol. The molecule has 5 nitrogen and oxygen atoms in total. The van der Waals surface area contributed by atoms with Crippen LogP contribution >= 0.6 is 23.2 Å². The average molecular weight is 480 g/mol. The van der Waals surface area contributed by atoms with Crippen LogP contribution < -0.4 is 9.47 Å². The zero-order valence-corrected chi connectivity index (χ0v) is 19.4. The van der Waals surface area contributed by atoms with E-state index in [9.17, 15) is 14.9 Å². The lowest BCUT2D eigenvalue weighted by Crippen LogP contribution is -2.10. The second-order valence-corrected chi connectivity index (χ2v) is 7.86. The molecule has 0 N–H and O–H groups in total. The predicted molar refractivity (Wildman–Crippen MR) is 128 cm³/mol. The van der Waals surface area contributed by atoms with Crippen LogP contribution in [0.5, 0.6) is 11.5 Å². The Morgan fingerprint density at radius 1 is 1.00 bits per heavy atom. The van der Waals surface area contributed by atoms with E-state index in [0.717, 1.165) is 5.56 Å². The van der Waals surface area contributed by atoms with E-state index in [1.807, 2.05) is 25.1 Å². The molecule has 0 fully saturated rings. The second kappa shape index (κ2) is 10.8. The van der Waals surface area contributed by atoms with E-state index in [2.05, 4.69) is 0 Å². The second-order valence-electron chi connectivity index (χ2n) is 7.02. The van der Waals surface area contributed by atoms with E-state index >= 15 is 0 Å². The summed E-state index contributed by atoms with van der Waals surface area (Å²) in [5.41, 5.74) is 2.10. The Bertz CT molecular complexity index is 1270. The molecule has 7 heteroatoms. The van der Waals surface area contributed by atoms with Crippen LogP contribution in [0, 0.1) is 18.3 Å². The number of carbonyl (C=O) groups is 2. The molecule has 0 amide bonds. The summed E-state index contributed by atoms with van der Waals surface area (Å²) in [5.74, 6) is -0.602. The van der Waals surface area contributed by atoms with Crippen molar-refractivity contribution < 1.29 is 19.1 Å². The number of Topliss-reactive ketones (excluding diaryl/α,β-unsaturated/α-hetero) is 1. The fourth-order valence-corrected chi connectivity index (χ4v) is 3.44. The number of esters is 1. The molecular formula is C26H19Cl2NO4. The van der Waals surface area contributed by atoms with E-state index in [1.54, 1.807) is 31.2 Å². The molecule has 0 radical (unpaired) electrons. The maximum absolute atomic E-state index is 12.7. The molecule has 0 aliphatic carbocycles. The molecule has 0 aliphatic rings. The number of ketones is 1. The molecule has 0 atom stereocenters. The molecule has 33 heavy (non-hydrogen) atoms. The summed E-state index contributed by atoms with van der Waals surface area (Å²) in [6.07, 6.45) is 1.46. The highest BCUT2D eigenvalue weighted by atomic mass is 35.5. The van der Waals surface area contributed by atoms with Gasteiger partial charge in [-0.25, -0.2) is 4.79 Å². The Hall–Kier alpha value is -3.59. The third-order valence-corrected chi connectivity index (χ3v) is 5.16. The largest absolute Gasteiger partial charge is 0.490 e. The van der Waals surface area contributed by atoms with Crippen molar-refractivity contribution in [3.8, 4) is 17.6 Å². The number of benzene rings is 3. The molecule has 0 aliphatic heterocycles. The Morgan fingerprint density at radius 3 is 2.36 bits per heavy atom. The van der Waals surface area contributed by atoms with Crippen molar-refractivity contribution in [3.63, 3.8) is 0 Å². The van der Waals surface area contributed by atoms with Gasteiger partial charge in [-0.1, -0.05) is 59.1 Å². The van der Waals surface area contributed by atoms with Gasteiger partial charge in [0.15, 0.2) is 11.5 Å². The number of aryl methyl sites for hydroxylation is 1. The normalized spacial score (nSPS) is 10.9. The molecule has 0 heterocycles. The Morgan fingerprint density at radius 2 is 1.73 bits per heavy atom. The van der Waals surface area contributed by atoms with Gasteiger partial charge in [-0.2, -0.15) is 5.26 Å². The molecule has 0 saturated heterocycles. The Kier molecular flexibility index (Phi) is 7.89. The molecule has 3 rings (SSSR count). The van der Waals surface area contributed by atoms with Crippen LogP contribution in [0.25, 0.3) is 6.08 Å². The highest BCUT2D eigenvalue weighted by Gasteiger charge is 2.17. The van der Waals surface area contributed by atoms with Gasteiger partial charge in [0, 0.05) is 10.6 Å². The van der Waals surface area contributed by atoms with Gasteiger partial charge in [0.05, 0.1) is 17.2 Å². The van der Waals surface area contributed by atoms with Gasteiger partial charge in [-0.3, -0.25) is 4.79 Å². The minimum atomic E-state index is -0.673. The van der Waals surface area contributed by atoms with Crippen LogP contribution in [0.4, 0.5) is 0 Å². The minimum Gasteiger partial charge on any atom is -0.490 e. The van der Waals surface area contributed by atoms with Gasteiger partial charge in [-0.15, -0.1) is 0 Å². The van der Waals surface area contributed by atoms with Crippen LogP contribution in [-0.4, -0.2) is 18.4 Å². The Labute approximate surface area is 201 Å². The van der Waals surface area contributed by atoms with Gasteiger partial charge in [0.25, 0.3) is 0 Å². The van der Waals surface area contributed by atoms with Crippen LogP contribution in [0.15, 0.2) is 66.2 Å². The van der Waals surface area contributed by atoms with Gasteiger partial charge in [0.1, 0.15) is 11.6 Å². The number of ether oxygens (including phenoxy) is 2. The number of hydrogen-bond donors (Lipinski definition) is 0. The molecule has 0 spiro atoms. The summed E-state index contributed by atoms with van der Waals surface area (Å²) >= 11 is 12.0. The lowest BCUT2D eigenvalue weighted by Gasteiger charge is -2.12. The summed E-state index contributed by atoms with van der Waals surface area (Å²) in [5, 5.41) is 10.1. The van der Waals surface area contributed by atoms with Crippen molar-refractivity contribution in [2.45, 2.75) is 13.8 Å². The first kappa shape index (κ1) is 24.1. The Balaban J connectivity index is 1.89. The monoisotopic (exact) mass is 479 g/mol. The van der Waals surface area contributed by atoms with Crippen LogP contribution in [0.1, 0.15) is 38.8 Å². The minimum absolute atomic E-state index is 0.0287. The van der Waals surface area contributed by atoms with E-state index in [0.29, 0.717) is 22.8 Å². The lowest BCUT2D eigenvalue weighted by molar-refractivity contribution is 0.0728. The molecule has 0 aromatic heterocycles. The van der Waals surface area contributed by atoms with Crippen LogP contribution in [-0.2, 0) is 0 Å². The predicted octanol–water partition coefficient (Wildman–Crippen LogP) is 6.71. The quantitative estimate of drug-likeness (QED) is 0.124. The molecule has 166 valence electrons. The number of allylic oxidation sites excluding steroid dienone is 1. The molecule has 3 aromatic rings. The van der Waals surface area contributed by atoms with Gasteiger partial charge < -0.3 is 9.47 Å². The summed E-state index contributed by atoms with van der Waals surface area (Å²) in [4.78, 5) is 25.3. The number of nitrogens with zero attached hydrogens (tertiary/aromatic N) is 1.